The van der Waals surface area contributed by atoms with E-state index < -0.39 is 11.8 Å². The Bertz CT molecular complexity index is 1370. The fraction of sp³-hybridized carbons (Fsp3) is 0.111. The molecule has 0 saturated carbocycles. The van der Waals surface area contributed by atoms with Gasteiger partial charge in [-0.1, -0.05) is 54.1 Å². The van der Waals surface area contributed by atoms with Crippen LogP contribution in [0.15, 0.2) is 84.7 Å². The minimum Gasteiger partial charge on any atom is -0.497 e. The summed E-state index contributed by atoms with van der Waals surface area (Å²) in [6.07, 6.45) is 3.60. The summed E-state index contributed by atoms with van der Waals surface area (Å²) in [5.74, 6) is -0.139. The average Bonchev–Trinajstić information content (AvgIpc) is 3.18. The van der Waals surface area contributed by atoms with Crippen molar-refractivity contribution in [3.63, 3.8) is 0 Å². The highest BCUT2D eigenvalue weighted by Crippen LogP contribution is 2.23. The molecule has 0 atom stereocenters. The molecule has 0 unspecified atom stereocenters. The summed E-state index contributed by atoms with van der Waals surface area (Å²) in [5, 5.41) is 6.91. The molecule has 34 heavy (non-hydrogen) atoms. The monoisotopic (exact) mass is 473 g/mol. The van der Waals surface area contributed by atoms with Crippen molar-refractivity contribution >= 4 is 40.4 Å². The number of nitrogens with one attached hydrogen (secondary N) is 2. The van der Waals surface area contributed by atoms with Gasteiger partial charge in [0.05, 0.1) is 17.7 Å². The van der Waals surface area contributed by atoms with Crippen molar-refractivity contribution in [1.29, 1.82) is 0 Å². The second-order valence-electron chi connectivity index (χ2n) is 7.74. The van der Waals surface area contributed by atoms with Crippen LogP contribution in [0.5, 0.6) is 5.75 Å². The van der Waals surface area contributed by atoms with Gasteiger partial charge in [0.1, 0.15) is 11.4 Å². The van der Waals surface area contributed by atoms with Gasteiger partial charge in [-0.3, -0.25) is 9.59 Å². The molecule has 7 heteroatoms. The van der Waals surface area contributed by atoms with Gasteiger partial charge in [0.2, 0.25) is 0 Å². The lowest BCUT2D eigenvalue weighted by molar-refractivity contribution is -0.117. The number of para-hydroxylation sites is 1. The molecule has 1 heterocycles. The number of hydrogen-bond acceptors (Lipinski definition) is 3. The number of carbonyl (C=O) groups is 2. The van der Waals surface area contributed by atoms with E-state index in [9.17, 15) is 9.59 Å². The first-order valence-electron chi connectivity index (χ1n) is 10.7. The molecule has 3 aromatic carbocycles. The third-order valence-electron chi connectivity index (χ3n) is 5.45. The van der Waals surface area contributed by atoms with Crippen LogP contribution in [0.1, 0.15) is 21.5 Å². The molecule has 0 aliphatic carbocycles. The average molecular weight is 474 g/mol. The molecule has 0 aliphatic heterocycles. The van der Waals surface area contributed by atoms with Crippen molar-refractivity contribution in [2.24, 2.45) is 7.05 Å². The van der Waals surface area contributed by atoms with E-state index in [4.69, 9.17) is 16.3 Å². The Morgan fingerprint density at radius 3 is 2.44 bits per heavy atom. The molecule has 0 radical (unpaired) electrons. The zero-order chi connectivity index (χ0) is 24.1. The molecule has 172 valence electrons. The number of ether oxygens (including phenoxy) is 1. The van der Waals surface area contributed by atoms with Crippen LogP contribution in [0.2, 0.25) is 5.02 Å². The Balaban J connectivity index is 1.63. The van der Waals surface area contributed by atoms with Crippen molar-refractivity contribution in [3.05, 3.63) is 106 Å². The lowest BCUT2D eigenvalue weighted by Gasteiger charge is -2.12. The summed E-state index contributed by atoms with van der Waals surface area (Å²) in [7, 11) is 3.54. The number of carbonyl (C=O) groups excluding carboxylic acids is 2. The summed E-state index contributed by atoms with van der Waals surface area (Å²) in [6.45, 7) is 0.289. The van der Waals surface area contributed by atoms with Crippen LogP contribution in [0.25, 0.3) is 17.0 Å². The second-order valence-corrected chi connectivity index (χ2v) is 8.14. The SMILES string of the molecule is COc1ccc(CNC(=O)/C(=C/c2cn(C)c3ccccc23)NC(=O)c2ccccc2Cl)cc1. The lowest BCUT2D eigenvalue weighted by atomic mass is 10.1. The van der Waals surface area contributed by atoms with Crippen molar-refractivity contribution in [2.75, 3.05) is 7.11 Å². The van der Waals surface area contributed by atoms with Gasteiger partial charge in [-0.25, -0.2) is 0 Å². The first kappa shape index (κ1) is 23.1. The number of aromatic nitrogens is 1. The smallest absolute Gasteiger partial charge is 0.268 e. The van der Waals surface area contributed by atoms with Gasteiger partial charge in [0.15, 0.2) is 0 Å². The number of benzene rings is 3. The van der Waals surface area contributed by atoms with E-state index in [2.05, 4.69) is 10.6 Å². The Morgan fingerprint density at radius 2 is 1.71 bits per heavy atom. The molecule has 2 amide bonds. The fourth-order valence-corrected chi connectivity index (χ4v) is 3.88. The summed E-state index contributed by atoms with van der Waals surface area (Å²) in [4.78, 5) is 26.1. The summed E-state index contributed by atoms with van der Waals surface area (Å²) in [6, 6.07) is 22.0. The highest BCUT2D eigenvalue weighted by atomic mass is 35.5. The first-order chi connectivity index (χ1) is 16.5. The predicted octanol–water partition coefficient (Wildman–Crippen LogP) is 4.93. The number of halogens is 1. The molecule has 6 nitrogen and oxygen atoms in total. The number of fused-ring (bicyclic) bond motifs is 1. The molecule has 0 bridgehead atoms. The zero-order valence-electron chi connectivity index (χ0n) is 18.8. The fourth-order valence-electron chi connectivity index (χ4n) is 3.66. The van der Waals surface area contributed by atoms with Crippen molar-refractivity contribution in [2.45, 2.75) is 6.54 Å². The number of aryl methyl sites for hydroxylation is 1. The van der Waals surface area contributed by atoms with Gasteiger partial charge in [-0.15, -0.1) is 0 Å². The number of amides is 2. The van der Waals surface area contributed by atoms with Crippen LogP contribution in [0, 0.1) is 0 Å². The lowest BCUT2D eigenvalue weighted by Crippen LogP contribution is -2.34. The van der Waals surface area contributed by atoms with Crippen molar-refractivity contribution in [1.82, 2.24) is 15.2 Å². The number of hydrogen-bond donors (Lipinski definition) is 2. The maximum absolute atomic E-state index is 13.2. The van der Waals surface area contributed by atoms with E-state index in [-0.39, 0.29) is 17.8 Å². The standard InChI is InChI=1S/C27H24ClN3O3/c1-31-17-19(21-7-4-6-10-25(21)31)15-24(30-26(32)22-8-3-5-9-23(22)28)27(33)29-16-18-11-13-20(34-2)14-12-18/h3-15,17H,16H2,1-2H3,(H,29,33)(H,30,32)/b24-15-. The molecule has 0 spiro atoms. The normalized spacial score (nSPS) is 11.3. The van der Waals surface area contributed by atoms with Crippen molar-refractivity contribution < 1.29 is 14.3 Å². The van der Waals surface area contributed by atoms with E-state index in [0.29, 0.717) is 5.02 Å². The van der Waals surface area contributed by atoms with E-state index in [0.717, 1.165) is 27.8 Å². The molecule has 2 N–H and O–H groups in total. The van der Waals surface area contributed by atoms with Gasteiger partial charge in [0, 0.05) is 36.3 Å². The highest BCUT2D eigenvalue weighted by Gasteiger charge is 2.17. The molecular formula is C27H24ClN3O3. The van der Waals surface area contributed by atoms with Gasteiger partial charge < -0.3 is 19.9 Å². The van der Waals surface area contributed by atoms with Crippen LogP contribution >= 0.6 is 11.6 Å². The van der Waals surface area contributed by atoms with Gasteiger partial charge in [-0.05, 0) is 42.0 Å². The Morgan fingerprint density at radius 1 is 1.00 bits per heavy atom. The van der Waals surface area contributed by atoms with Crippen LogP contribution in [-0.2, 0) is 18.4 Å². The van der Waals surface area contributed by atoms with Crippen LogP contribution in [-0.4, -0.2) is 23.5 Å². The molecule has 4 aromatic rings. The minimum atomic E-state index is -0.461. The van der Waals surface area contributed by atoms with Gasteiger partial charge >= 0.3 is 0 Å². The van der Waals surface area contributed by atoms with E-state index in [1.807, 2.05) is 66.3 Å². The third-order valence-corrected chi connectivity index (χ3v) is 5.78. The Kier molecular flexibility index (Phi) is 6.99. The Labute approximate surface area is 202 Å². The molecular weight excluding hydrogens is 450 g/mol. The van der Waals surface area contributed by atoms with E-state index >= 15 is 0 Å². The molecule has 0 fully saturated rings. The van der Waals surface area contributed by atoms with Crippen molar-refractivity contribution in [3.8, 4) is 5.75 Å². The second kappa shape index (κ2) is 10.3. The predicted molar refractivity (Wildman–Crippen MR) is 135 cm³/mol. The van der Waals surface area contributed by atoms with Crippen LogP contribution < -0.4 is 15.4 Å². The van der Waals surface area contributed by atoms with Crippen LogP contribution in [0.3, 0.4) is 0 Å². The first-order valence-corrected chi connectivity index (χ1v) is 11.1. The maximum atomic E-state index is 13.2. The summed E-state index contributed by atoms with van der Waals surface area (Å²) >= 11 is 6.20. The molecule has 4 rings (SSSR count). The minimum absolute atomic E-state index is 0.120. The molecule has 1 aromatic heterocycles. The topological polar surface area (TPSA) is 72.4 Å². The molecule has 0 aliphatic rings. The number of rotatable bonds is 7. The summed E-state index contributed by atoms with van der Waals surface area (Å²) in [5.41, 5.74) is 3.14. The summed E-state index contributed by atoms with van der Waals surface area (Å²) < 4.78 is 7.15. The van der Waals surface area contributed by atoms with Gasteiger partial charge in [-0.2, -0.15) is 0 Å². The highest BCUT2D eigenvalue weighted by molar-refractivity contribution is 6.34. The molecule has 0 saturated heterocycles. The van der Waals surface area contributed by atoms with E-state index in [1.165, 1.54) is 0 Å². The van der Waals surface area contributed by atoms with E-state index in [1.54, 1.807) is 37.5 Å². The quantitative estimate of drug-likeness (QED) is 0.374. The Hall–Kier alpha value is -4.03. The maximum Gasteiger partial charge on any atom is 0.268 e. The number of methoxy groups -OCH3 is 1. The zero-order valence-corrected chi connectivity index (χ0v) is 19.6. The number of nitrogens with zero attached hydrogens (tertiary/aromatic N) is 1. The third kappa shape index (κ3) is 5.13. The largest absolute Gasteiger partial charge is 0.497 e. The van der Waals surface area contributed by atoms with Gasteiger partial charge in [0.25, 0.3) is 11.8 Å². The van der Waals surface area contributed by atoms with Crippen LogP contribution in [0.4, 0.5) is 0 Å².